The van der Waals surface area contributed by atoms with Crippen LogP contribution in [0, 0.1) is 0 Å². The molecule has 1 aromatic rings. The molecule has 1 aromatic carbocycles. The highest BCUT2D eigenvalue weighted by atomic mass is 32.1. The van der Waals surface area contributed by atoms with Crippen LogP contribution in [0.25, 0.3) is 0 Å². The lowest BCUT2D eigenvalue weighted by Crippen LogP contribution is -1.95. The van der Waals surface area contributed by atoms with Gasteiger partial charge >= 0.3 is 5.30 Å². The maximum absolute atomic E-state index is 10.3. The molecular formula is C7H6O3S. The standard InChI is InChI=1S/C7H6O3S/c8-5-1-3-6(4-2-5)10-7(9)11/h1-4,8H,(H,9,11). The first-order chi connectivity index (χ1) is 5.18. The van der Waals surface area contributed by atoms with E-state index in [1.807, 2.05) is 0 Å². The van der Waals surface area contributed by atoms with Crippen molar-refractivity contribution in [3.8, 4) is 11.5 Å². The molecule has 11 heavy (non-hydrogen) atoms. The van der Waals surface area contributed by atoms with Crippen molar-refractivity contribution in [3.05, 3.63) is 24.3 Å². The maximum atomic E-state index is 10.3. The SMILES string of the molecule is O=C(S)Oc1ccc(O)cc1. The average molecular weight is 170 g/mol. The Labute approximate surface area is 69.0 Å². The Kier molecular flexibility index (Phi) is 2.38. The van der Waals surface area contributed by atoms with Crippen molar-refractivity contribution < 1.29 is 14.6 Å². The summed E-state index contributed by atoms with van der Waals surface area (Å²) in [7, 11) is 0. The number of hydrogen-bond donors (Lipinski definition) is 2. The van der Waals surface area contributed by atoms with Gasteiger partial charge in [0.2, 0.25) is 0 Å². The van der Waals surface area contributed by atoms with Gasteiger partial charge < -0.3 is 9.84 Å². The number of carbonyl (C=O) groups is 1. The second-order valence-corrected chi connectivity index (χ2v) is 2.23. The molecule has 0 spiro atoms. The number of benzene rings is 1. The molecule has 0 aliphatic rings. The molecule has 1 N–H and O–H groups in total. The van der Waals surface area contributed by atoms with Gasteiger partial charge in [0.05, 0.1) is 0 Å². The molecule has 0 unspecified atom stereocenters. The van der Waals surface area contributed by atoms with E-state index in [0.717, 1.165) is 0 Å². The van der Waals surface area contributed by atoms with E-state index in [4.69, 9.17) is 5.11 Å². The lowest BCUT2D eigenvalue weighted by molar-refractivity contribution is 0.227. The van der Waals surface area contributed by atoms with Crippen LogP contribution in [0.3, 0.4) is 0 Å². The Hall–Kier alpha value is -1.16. The summed E-state index contributed by atoms with van der Waals surface area (Å²) < 4.78 is 4.58. The third-order valence-corrected chi connectivity index (χ3v) is 1.13. The van der Waals surface area contributed by atoms with Gasteiger partial charge in [-0.15, -0.1) is 0 Å². The van der Waals surface area contributed by atoms with Gasteiger partial charge in [0, 0.05) is 0 Å². The van der Waals surface area contributed by atoms with Gasteiger partial charge in [-0.1, -0.05) is 12.6 Å². The third-order valence-electron chi connectivity index (χ3n) is 1.04. The molecule has 0 atom stereocenters. The fourth-order valence-electron chi connectivity index (χ4n) is 0.615. The largest absolute Gasteiger partial charge is 0.508 e. The van der Waals surface area contributed by atoms with Crippen molar-refractivity contribution in [1.82, 2.24) is 0 Å². The van der Waals surface area contributed by atoms with E-state index in [9.17, 15) is 4.79 Å². The summed E-state index contributed by atoms with van der Waals surface area (Å²) in [6.07, 6.45) is 0. The zero-order chi connectivity index (χ0) is 8.27. The van der Waals surface area contributed by atoms with Crippen LogP contribution in [0.2, 0.25) is 0 Å². The van der Waals surface area contributed by atoms with Gasteiger partial charge in [0.1, 0.15) is 11.5 Å². The molecular weight excluding hydrogens is 164 g/mol. The van der Waals surface area contributed by atoms with Gasteiger partial charge in [0.25, 0.3) is 0 Å². The molecule has 0 radical (unpaired) electrons. The monoisotopic (exact) mass is 170 g/mol. The lowest BCUT2D eigenvalue weighted by atomic mass is 10.3. The van der Waals surface area contributed by atoms with Crippen LogP contribution < -0.4 is 4.74 Å². The Bertz CT molecular complexity index is 255. The highest BCUT2D eigenvalue weighted by Gasteiger charge is 1.96. The lowest BCUT2D eigenvalue weighted by Gasteiger charge is -1.98. The van der Waals surface area contributed by atoms with E-state index in [1.54, 1.807) is 0 Å². The fraction of sp³-hybridized carbons (Fsp3) is 0. The van der Waals surface area contributed by atoms with Crippen LogP contribution in [-0.4, -0.2) is 10.4 Å². The summed E-state index contributed by atoms with van der Waals surface area (Å²) >= 11 is 3.41. The molecule has 1 rings (SSSR count). The Morgan fingerprint density at radius 1 is 1.36 bits per heavy atom. The van der Waals surface area contributed by atoms with Crippen LogP contribution >= 0.6 is 12.6 Å². The van der Waals surface area contributed by atoms with Crippen molar-refractivity contribution in [1.29, 1.82) is 0 Å². The molecule has 3 nitrogen and oxygen atoms in total. The molecule has 4 heteroatoms. The zero-order valence-corrected chi connectivity index (χ0v) is 6.41. The summed E-state index contributed by atoms with van der Waals surface area (Å²) in [6.45, 7) is 0. The second kappa shape index (κ2) is 3.30. The van der Waals surface area contributed by atoms with Crippen molar-refractivity contribution in [2.24, 2.45) is 0 Å². The summed E-state index contributed by atoms with van der Waals surface area (Å²) in [5.41, 5.74) is 0. The number of ether oxygens (including phenoxy) is 1. The number of phenols is 1. The second-order valence-electron chi connectivity index (χ2n) is 1.86. The van der Waals surface area contributed by atoms with Crippen molar-refractivity contribution in [2.75, 3.05) is 0 Å². The van der Waals surface area contributed by atoms with E-state index in [0.29, 0.717) is 5.75 Å². The van der Waals surface area contributed by atoms with Gasteiger partial charge in [-0.05, 0) is 24.3 Å². The van der Waals surface area contributed by atoms with Crippen molar-refractivity contribution in [2.45, 2.75) is 0 Å². The first kappa shape index (κ1) is 7.94. The van der Waals surface area contributed by atoms with E-state index in [1.165, 1.54) is 24.3 Å². The van der Waals surface area contributed by atoms with E-state index < -0.39 is 5.30 Å². The minimum Gasteiger partial charge on any atom is -0.508 e. The smallest absolute Gasteiger partial charge is 0.369 e. The fourth-order valence-corrected chi connectivity index (χ4v) is 0.720. The Balaban J connectivity index is 2.74. The normalized spacial score (nSPS) is 9.18. The third kappa shape index (κ3) is 2.51. The Morgan fingerprint density at radius 2 is 1.91 bits per heavy atom. The number of phenolic OH excluding ortho intramolecular Hbond substituents is 1. The number of hydrogen-bond acceptors (Lipinski definition) is 3. The molecule has 0 bridgehead atoms. The van der Waals surface area contributed by atoms with Gasteiger partial charge in [-0.3, -0.25) is 0 Å². The van der Waals surface area contributed by atoms with E-state index in [-0.39, 0.29) is 5.75 Å². The van der Waals surface area contributed by atoms with Crippen LogP contribution in [0.5, 0.6) is 11.5 Å². The molecule has 0 saturated carbocycles. The van der Waals surface area contributed by atoms with Crippen molar-refractivity contribution >= 4 is 17.9 Å². The van der Waals surface area contributed by atoms with Gasteiger partial charge in [-0.2, -0.15) is 0 Å². The van der Waals surface area contributed by atoms with E-state index >= 15 is 0 Å². The van der Waals surface area contributed by atoms with Gasteiger partial charge in [-0.25, -0.2) is 4.79 Å². The number of rotatable bonds is 1. The molecule has 0 aliphatic heterocycles. The number of carbonyl (C=O) groups excluding carboxylic acids is 1. The molecule has 0 heterocycles. The average Bonchev–Trinajstić information content (AvgIpc) is 1.93. The summed E-state index contributed by atoms with van der Waals surface area (Å²) in [5.74, 6) is 0.492. The predicted molar refractivity (Wildman–Crippen MR) is 43.1 cm³/mol. The molecule has 0 fully saturated rings. The number of thiol groups is 1. The van der Waals surface area contributed by atoms with Crippen LogP contribution in [-0.2, 0) is 0 Å². The first-order valence-electron chi connectivity index (χ1n) is 2.88. The predicted octanol–water partition coefficient (Wildman–Crippen LogP) is 1.82. The van der Waals surface area contributed by atoms with Crippen LogP contribution in [0.15, 0.2) is 24.3 Å². The number of aromatic hydroxyl groups is 1. The maximum Gasteiger partial charge on any atom is 0.369 e. The minimum atomic E-state index is -0.671. The highest BCUT2D eigenvalue weighted by molar-refractivity contribution is 7.96. The zero-order valence-electron chi connectivity index (χ0n) is 5.52. The Morgan fingerprint density at radius 3 is 2.36 bits per heavy atom. The summed E-state index contributed by atoms with van der Waals surface area (Å²) in [5, 5.41) is 8.16. The molecule has 0 aliphatic carbocycles. The molecule has 0 saturated heterocycles. The molecule has 58 valence electrons. The quantitative estimate of drug-likeness (QED) is 0.499. The van der Waals surface area contributed by atoms with Gasteiger partial charge in [0.15, 0.2) is 0 Å². The minimum absolute atomic E-state index is 0.129. The van der Waals surface area contributed by atoms with Crippen LogP contribution in [0.4, 0.5) is 4.79 Å². The summed E-state index contributed by atoms with van der Waals surface area (Å²) in [6, 6.07) is 5.80. The van der Waals surface area contributed by atoms with Crippen molar-refractivity contribution in [3.63, 3.8) is 0 Å². The molecule has 0 aromatic heterocycles. The molecule has 0 amide bonds. The highest BCUT2D eigenvalue weighted by Crippen LogP contribution is 2.16. The summed E-state index contributed by atoms with van der Waals surface area (Å²) in [4.78, 5) is 10.3. The van der Waals surface area contributed by atoms with Crippen LogP contribution in [0.1, 0.15) is 0 Å². The topological polar surface area (TPSA) is 46.5 Å². The first-order valence-corrected chi connectivity index (χ1v) is 3.33. The van der Waals surface area contributed by atoms with E-state index in [2.05, 4.69) is 17.4 Å².